The Kier molecular flexibility index (Phi) is 2.47. The standard InChI is InChI=1S/C11H14N4S/c12-8-4-5-15-10(7-8)13-11(14-15)9-3-1-2-6-16-9/h4-5,7,9H,1-3,6,12H2. The minimum Gasteiger partial charge on any atom is -0.399 e. The molecule has 2 N–H and O–H groups in total. The fraction of sp³-hybridized carbons (Fsp3) is 0.455. The minimum atomic E-state index is 0.467. The van der Waals surface area contributed by atoms with Crippen molar-refractivity contribution >= 4 is 23.1 Å². The Balaban J connectivity index is 1.97. The van der Waals surface area contributed by atoms with E-state index in [0.717, 1.165) is 17.2 Å². The zero-order valence-corrected chi connectivity index (χ0v) is 9.78. The molecule has 1 unspecified atom stereocenters. The number of nitrogen functional groups attached to an aromatic ring is 1. The molecule has 1 saturated heterocycles. The van der Waals surface area contributed by atoms with Gasteiger partial charge in [-0.3, -0.25) is 0 Å². The van der Waals surface area contributed by atoms with Gasteiger partial charge in [0.1, 0.15) is 0 Å². The number of rotatable bonds is 1. The third-order valence-electron chi connectivity index (χ3n) is 2.85. The number of hydrogen-bond donors (Lipinski definition) is 1. The van der Waals surface area contributed by atoms with Crippen LogP contribution in [0.15, 0.2) is 18.3 Å². The van der Waals surface area contributed by atoms with Crippen LogP contribution in [0.1, 0.15) is 30.3 Å². The molecular weight excluding hydrogens is 220 g/mol. The van der Waals surface area contributed by atoms with Gasteiger partial charge in [0.2, 0.25) is 0 Å². The average molecular weight is 234 g/mol. The molecule has 5 heteroatoms. The Hall–Kier alpha value is -1.23. The Labute approximate surface area is 98.2 Å². The highest BCUT2D eigenvalue weighted by molar-refractivity contribution is 7.99. The average Bonchev–Trinajstić information content (AvgIpc) is 2.73. The van der Waals surface area contributed by atoms with E-state index in [9.17, 15) is 0 Å². The summed E-state index contributed by atoms with van der Waals surface area (Å²) >= 11 is 1.97. The van der Waals surface area contributed by atoms with E-state index >= 15 is 0 Å². The summed E-state index contributed by atoms with van der Waals surface area (Å²) < 4.78 is 1.81. The molecule has 0 bridgehead atoms. The van der Waals surface area contributed by atoms with Crippen LogP contribution >= 0.6 is 11.8 Å². The predicted octanol–water partition coefficient (Wildman–Crippen LogP) is 2.27. The molecular formula is C11H14N4S. The molecule has 0 aliphatic carbocycles. The van der Waals surface area contributed by atoms with E-state index in [1.165, 1.54) is 25.0 Å². The lowest BCUT2D eigenvalue weighted by atomic mass is 10.2. The smallest absolute Gasteiger partial charge is 0.164 e. The van der Waals surface area contributed by atoms with Crippen LogP contribution in [0.3, 0.4) is 0 Å². The van der Waals surface area contributed by atoms with Crippen LogP contribution in [0.4, 0.5) is 5.69 Å². The van der Waals surface area contributed by atoms with Crippen LogP contribution in [0.25, 0.3) is 5.65 Å². The van der Waals surface area contributed by atoms with E-state index in [0.29, 0.717) is 5.25 Å². The third-order valence-corrected chi connectivity index (χ3v) is 4.22. The summed E-state index contributed by atoms with van der Waals surface area (Å²) in [6.45, 7) is 0. The Morgan fingerprint density at radius 2 is 2.38 bits per heavy atom. The van der Waals surface area contributed by atoms with Crippen molar-refractivity contribution in [1.82, 2.24) is 14.6 Å². The molecule has 1 aliphatic heterocycles. The van der Waals surface area contributed by atoms with Gasteiger partial charge in [-0.2, -0.15) is 16.9 Å². The summed E-state index contributed by atoms with van der Waals surface area (Å²) in [6, 6.07) is 3.71. The van der Waals surface area contributed by atoms with Crippen molar-refractivity contribution < 1.29 is 0 Å². The highest BCUT2D eigenvalue weighted by Gasteiger charge is 2.20. The molecule has 16 heavy (non-hydrogen) atoms. The van der Waals surface area contributed by atoms with Crippen LogP contribution in [0, 0.1) is 0 Å². The van der Waals surface area contributed by atoms with E-state index in [1.807, 2.05) is 30.1 Å². The fourth-order valence-electron chi connectivity index (χ4n) is 2.00. The first-order chi connectivity index (χ1) is 7.83. The molecule has 1 fully saturated rings. The second-order valence-electron chi connectivity index (χ2n) is 4.09. The zero-order chi connectivity index (χ0) is 11.0. The molecule has 0 spiro atoms. The molecule has 2 aromatic heterocycles. The van der Waals surface area contributed by atoms with Crippen molar-refractivity contribution in [2.45, 2.75) is 24.5 Å². The first-order valence-electron chi connectivity index (χ1n) is 5.56. The van der Waals surface area contributed by atoms with Crippen LogP contribution in [-0.2, 0) is 0 Å². The highest BCUT2D eigenvalue weighted by atomic mass is 32.2. The van der Waals surface area contributed by atoms with Crippen molar-refractivity contribution in [3.8, 4) is 0 Å². The number of nitrogens with two attached hydrogens (primary N) is 1. The van der Waals surface area contributed by atoms with Gasteiger partial charge in [-0.05, 0) is 24.7 Å². The number of hydrogen-bond acceptors (Lipinski definition) is 4. The van der Waals surface area contributed by atoms with Gasteiger partial charge >= 0.3 is 0 Å². The molecule has 0 radical (unpaired) electrons. The van der Waals surface area contributed by atoms with E-state index < -0.39 is 0 Å². The quantitative estimate of drug-likeness (QED) is 0.822. The van der Waals surface area contributed by atoms with E-state index in [4.69, 9.17) is 5.73 Å². The normalized spacial score (nSPS) is 21.4. The fourth-order valence-corrected chi connectivity index (χ4v) is 3.23. The maximum absolute atomic E-state index is 5.73. The summed E-state index contributed by atoms with van der Waals surface area (Å²) in [4.78, 5) is 4.55. The maximum Gasteiger partial charge on any atom is 0.164 e. The van der Waals surface area contributed by atoms with Crippen molar-refractivity contribution in [3.05, 3.63) is 24.2 Å². The molecule has 0 aromatic carbocycles. The summed E-state index contributed by atoms with van der Waals surface area (Å²) in [6.07, 6.45) is 5.67. The zero-order valence-electron chi connectivity index (χ0n) is 8.97. The van der Waals surface area contributed by atoms with E-state index in [2.05, 4.69) is 10.1 Å². The van der Waals surface area contributed by atoms with Gasteiger partial charge < -0.3 is 5.73 Å². The molecule has 1 atom stereocenters. The van der Waals surface area contributed by atoms with Gasteiger partial charge in [0.15, 0.2) is 11.5 Å². The van der Waals surface area contributed by atoms with Gasteiger partial charge in [-0.25, -0.2) is 9.50 Å². The lowest BCUT2D eigenvalue weighted by Crippen LogP contribution is -2.04. The molecule has 3 heterocycles. The summed E-state index contributed by atoms with van der Waals surface area (Å²) in [5, 5.41) is 4.97. The monoisotopic (exact) mass is 234 g/mol. The second-order valence-corrected chi connectivity index (χ2v) is 5.40. The van der Waals surface area contributed by atoms with Gasteiger partial charge in [0, 0.05) is 18.0 Å². The van der Waals surface area contributed by atoms with E-state index in [-0.39, 0.29) is 0 Å². The summed E-state index contributed by atoms with van der Waals surface area (Å²) in [5.74, 6) is 2.18. The summed E-state index contributed by atoms with van der Waals surface area (Å²) in [7, 11) is 0. The summed E-state index contributed by atoms with van der Waals surface area (Å²) in [5.41, 5.74) is 7.31. The van der Waals surface area contributed by atoms with Crippen LogP contribution in [-0.4, -0.2) is 20.4 Å². The highest BCUT2D eigenvalue weighted by Crippen LogP contribution is 2.36. The van der Waals surface area contributed by atoms with Crippen molar-refractivity contribution in [2.24, 2.45) is 0 Å². The molecule has 2 aromatic rings. The Morgan fingerprint density at radius 3 is 3.19 bits per heavy atom. The molecule has 84 valence electrons. The number of anilines is 1. The predicted molar refractivity (Wildman–Crippen MR) is 66.4 cm³/mol. The molecule has 4 nitrogen and oxygen atoms in total. The number of aromatic nitrogens is 3. The number of thioether (sulfide) groups is 1. The van der Waals surface area contributed by atoms with Crippen LogP contribution in [0.5, 0.6) is 0 Å². The maximum atomic E-state index is 5.73. The SMILES string of the molecule is Nc1ccn2nc(C3CCCCS3)nc2c1. The Bertz CT molecular complexity index is 502. The number of nitrogens with zero attached hydrogens (tertiary/aromatic N) is 3. The number of pyridine rings is 1. The lowest BCUT2D eigenvalue weighted by molar-refractivity contribution is 0.661. The second kappa shape index (κ2) is 3.97. The molecule has 0 saturated carbocycles. The molecule has 3 rings (SSSR count). The minimum absolute atomic E-state index is 0.467. The van der Waals surface area contributed by atoms with Gasteiger partial charge in [0.05, 0.1) is 5.25 Å². The van der Waals surface area contributed by atoms with Gasteiger partial charge in [-0.1, -0.05) is 6.42 Å². The first kappa shape index (κ1) is 9.96. The lowest BCUT2D eigenvalue weighted by Gasteiger charge is -2.17. The molecule has 1 aliphatic rings. The third kappa shape index (κ3) is 1.75. The van der Waals surface area contributed by atoms with Crippen molar-refractivity contribution in [1.29, 1.82) is 0 Å². The topological polar surface area (TPSA) is 56.2 Å². The van der Waals surface area contributed by atoms with Crippen molar-refractivity contribution in [2.75, 3.05) is 11.5 Å². The van der Waals surface area contributed by atoms with Gasteiger partial charge in [0.25, 0.3) is 0 Å². The first-order valence-corrected chi connectivity index (χ1v) is 6.61. The van der Waals surface area contributed by atoms with Crippen LogP contribution < -0.4 is 5.73 Å². The largest absolute Gasteiger partial charge is 0.399 e. The number of fused-ring (bicyclic) bond motifs is 1. The Morgan fingerprint density at radius 1 is 1.44 bits per heavy atom. The van der Waals surface area contributed by atoms with Gasteiger partial charge in [-0.15, -0.1) is 0 Å². The molecule has 0 amide bonds. The van der Waals surface area contributed by atoms with Crippen LogP contribution in [0.2, 0.25) is 0 Å². The van der Waals surface area contributed by atoms with E-state index in [1.54, 1.807) is 4.52 Å². The van der Waals surface area contributed by atoms with Crippen molar-refractivity contribution in [3.63, 3.8) is 0 Å².